The third kappa shape index (κ3) is 4.61. The highest BCUT2D eigenvalue weighted by molar-refractivity contribution is 5.93. The zero-order chi connectivity index (χ0) is 23.1. The minimum Gasteiger partial charge on any atom is -0.458 e. The van der Waals surface area contributed by atoms with E-state index in [1.807, 2.05) is 34.6 Å². The van der Waals surface area contributed by atoms with E-state index in [1.54, 1.807) is 12.2 Å². The minimum absolute atomic E-state index is 0.147. The molecule has 0 amide bonds. The van der Waals surface area contributed by atoms with Crippen molar-refractivity contribution in [2.75, 3.05) is 0 Å². The molecule has 1 saturated heterocycles. The first kappa shape index (κ1) is 23.3. The molecule has 0 spiro atoms. The molecule has 0 aromatic carbocycles. The van der Waals surface area contributed by atoms with Gasteiger partial charge in [0.25, 0.3) is 0 Å². The van der Waals surface area contributed by atoms with E-state index in [9.17, 15) is 19.5 Å². The van der Waals surface area contributed by atoms with Crippen LogP contribution < -0.4 is 0 Å². The van der Waals surface area contributed by atoms with Crippen LogP contribution in [0.15, 0.2) is 35.5 Å². The van der Waals surface area contributed by atoms with Gasteiger partial charge in [0, 0.05) is 24.0 Å². The number of esters is 3. The maximum Gasteiger partial charge on any atom is 0.334 e. The molecule has 7 heteroatoms. The summed E-state index contributed by atoms with van der Waals surface area (Å²) in [4.78, 5) is 37.4. The Balaban J connectivity index is 1.90. The van der Waals surface area contributed by atoms with Crippen LogP contribution in [0.25, 0.3) is 0 Å². The first-order valence-electron chi connectivity index (χ1n) is 10.8. The fourth-order valence-electron chi connectivity index (χ4n) is 4.61. The van der Waals surface area contributed by atoms with Gasteiger partial charge in [-0.15, -0.1) is 0 Å². The topological polar surface area (TPSA) is 99.1 Å². The number of hydrogen-bond acceptors (Lipinski definition) is 7. The lowest BCUT2D eigenvalue weighted by Crippen LogP contribution is -2.44. The van der Waals surface area contributed by atoms with Gasteiger partial charge in [-0.25, -0.2) is 9.59 Å². The number of aliphatic hydroxyl groups is 1. The lowest BCUT2D eigenvalue weighted by Gasteiger charge is -2.36. The summed E-state index contributed by atoms with van der Waals surface area (Å²) in [6, 6.07) is 0. The third-order valence-electron chi connectivity index (χ3n) is 6.67. The molecule has 0 saturated carbocycles. The molecule has 2 aliphatic heterocycles. The van der Waals surface area contributed by atoms with E-state index in [1.165, 1.54) is 0 Å². The minimum atomic E-state index is -1.21. The predicted molar refractivity (Wildman–Crippen MR) is 113 cm³/mol. The van der Waals surface area contributed by atoms with Gasteiger partial charge in [-0.05, 0) is 30.9 Å². The highest BCUT2D eigenvalue weighted by Gasteiger charge is 2.47. The number of carbonyl (C=O) groups is 3. The van der Waals surface area contributed by atoms with Crippen LogP contribution in [0.3, 0.4) is 0 Å². The van der Waals surface area contributed by atoms with Crippen molar-refractivity contribution in [1.82, 2.24) is 0 Å². The molecule has 1 aliphatic carbocycles. The van der Waals surface area contributed by atoms with Gasteiger partial charge < -0.3 is 19.3 Å². The molecule has 7 nitrogen and oxygen atoms in total. The monoisotopic (exact) mass is 432 g/mol. The van der Waals surface area contributed by atoms with E-state index < -0.39 is 41.6 Å². The molecule has 2 bridgehead atoms. The fourth-order valence-corrected chi connectivity index (χ4v) is 4.61. The Hall–Kier alpha value is -2.41. The summed E-state index contributed by atoms with van der Waals surface area (Å²) in [6.07, 6.45) is 2.14. The fraction of sp³-hybridized carbons (Fsp3) is 0.625. The number of ether oxygens (including phenoxy) is 3. The number of carbonyl (C=O) groups excluding carboxylic acids is 3. The number of rotatable bonds is 5. The number of hydrogen-bond donors (Lipinski definition) is 1. The second kappa shape index (κ2) is 8.61. The molecule has 0 radical (unpaired) electrons. The van der Waals surface area contributed by atoms with Gasteiger partial charge in [0.2, 0.25) is 0 Å². The summed E-state index contributed by atoms with van der Waals surface area (Å²) < 4.78 is 16.7. The van der Waals surface area contributed by atoms with Crippen molar-refractivity contribution in [3.05, 3.63) is 35.5 Å². The van der Waals surface area contributed by atoms with Crippen molar-refractivity contribution < 1.29 is 33.7 Å². The van der Waals surface area contributed by atoms with Crippen molar-refractivity contribution in [3.63, 3.8) is 0 Å². The van der Waals surface area contributed by atoms with Crippen LogP contribution in [0.1, 0.15) is 53.9 Å². The Bertz CT molecular complexity index is 840. The lowest BCUT2D eigenvalue weighted by atomic mass is 9.78. The highest BCUT2D eigenvalue weighted by atomic mass is 16.6. The first-order valence-corrected chi connectivity index (χ1v) is 10.8. The Kier molecular flexibility index (Phi) is 6.46. The number of fused-ring (bicyclic) bond motifs is 2. The molecule has 0 aromatic rings. The van der Waals surface area contributed by atoms with Crippen molar-refractivity contribution in [3.8, 4) is 0 Å². The summed E-state index contributed by atoms with van der Waals surface area (Å²) in [5, 5.41) is 11.0. The molecule has 1 unspecified atom stereocenters. The average Bonchev–Trinajstić information content (AvgIpc) is 3.12. The molecule has 4 atom stereocenters. The second-order valence-corrected chi connectivity index (χ2v) is 9.48. The largest absolute Gasteiger partial charge is 0.458 e. The molecule has 1 fully saturated rings. The molecule has 31 heavy (non-hydrogen) atoms. The molecular formula is C24H32O7. The van der Waals surface area contributed by atoms with Crippen LogP contribution in [-0.2, 0) is 28.6 Å². The Morgan fingerprint density at radius 3 is 2.42 bits per heavy atom. The smallest absolute Gasteiger partial charge is 0.334 e. The maximum absolute atomic E-state index is 12.9. The SMILES string of the molecule is C=C1C(=O)O[C@H]2CC3=CC(C/C(C)=C/[C@@H](OC(=O)CC(O)(C(C)C)C(C)C)[C@H]12)OC3=O. The van der Waals surface area contributed by atoms with Gasteiger partial charge in [0.05, 0.1) is 17.9 Å². The average molecular weight is 433 g/mol. The van der Waals surface area contributed by atoms with Gasteiger partial charge in [0.1, 0.15) is 18.3 Å². The highest BCUT2D eigenvalue weighted by Crippen LogP contribution is 2.39. The van der Waals surface area contributed by atoms with Crippen molar-refractivity contribution in [2.45, 2.75) is 77.8 Å². The standard InChI is InChI=1S/C24H32O7/c1-12(2)24(28,13(3)4)11-20(25)30-18-8-14(5)7-17-9-16(23(27)29-17)10-19-21(18)15(6)22(26)31-19/h8-9,12-13,17-19,21,28H,6-7,10-11H2,1-5H3/b14-8+/t17?,18-,19+,21+/m1/s1. The molecular weight excluding hydrogens is 400 g/mol. The Morgan fingerprint density at radius 2 is 1.81 bits per heavy atom. The molecule has 170 valence electrons. The molecule has 1 N–H and O–H groups in total. The maximum atomic E-state index is 12.9. The molecule has 3 rings (SSSR count). The lowest BCUT2D eigenvalue weighted by molar-refractivity contribution is -0.160. The van der Waals surface area contributed by atoms with Gasteiger partial charge >= 0.3 is 17.9 Å². The molecule has 2 heterocycles. The summed E-state index contributed by atoms with van der Waals surface area (Å²) in [5.41, 5.74) is 0.299. The van der Waals surface area contributed by atoms with Gasteiger partial charge in [-0.1, -0.05) is 39.8 Å². The van der Waals surface area contributed by atoms with Gasteiger partial charge in [0.15, 0.2) is 0 Å². The summed E-state index contributed by atoms with van der Waals surface area (Å²) in [6.45, 7) is 13.2. The van der Waals surface area contributed by atoms with Crippen molar-refractivity contribution in [1.29, 1.82) is 0 Å². The second-order valence-electron chi connectivity index (χ2n) is 9.48. The summed E-state index contributed by atoms with van der Waals surface area (Å²) in [5.74, 6) is -2.46. The molecule has 3 aliphatic rings. The van der Waals surface area contributed by atoms with Crippen LogP contribution in [0.4, 0.5) is 0 Å². The van der Waals surface area contributed by atoms with E-state index in [0.717, 1.165) is 5.57 Å². The van der Waals surface area contributed by atoms with Crippen LogP contribution >= 0.6 is 0 Å². The normalized spacial score (nSPS) is 30.4. The van der Waals surface area contributed by atoms with E-state index in [0.29, 0.717) is 12.0 Å². The zero-order valence-electron chi connectivity index (χ0n) is 18.8. The van der Waals surface area contributed by atoms with E-state index >= 15 is 0 Å². The van der Waals surface area contributed by atoms with Crippen LogP contribution in [0.5, 0.6) is 0 Å². The van der Waals surface area contributed by atoms with Crippen molar-refractivity contribution >= 4 is 17.9 Å². The summed E-state index contributed by atoms with van der Waals surface area (Å²) in [7, 11) is 0. The van der Waals surface area contributed by atoms with Crippen LogP contribution in [-0.4, -0.2) is 46.9 Å². The first-order chi connectivity index (χ1) is 14.4. The van der Waals surface area contributed by atoms with Crippen LogP contribution in [0.2, 0.25) is 0 Å². The van der Waals surface area contributed by atoms with Gasteiger partial charge in [-0.3, -0.25) is 4.79 Å². The van der Waals surface area contributed by atoms with E-state index in [4.69, 9.17) is 14.2 Å². The third-order valence-corrected chi connectivity index (χ3v) is 6.67. The van der Waals surface area contributed by atoms with E-state index in [2.05, 4.69) is 6.58 Å². The Labute approximate surface area is 183 Å². The van der Waals surface area contributed by atoms with Crippen LogP contribution in [0, 0.1) is 17.8 Å². The van der Waals surface area contributed by atoms with E-state index in [-0.39, 0.29) is 36.4 Å². The van der Waals surface area contributed by atoms with Crippen molar-refractivity contribution in [2.24, 2.45) is 17.8 Å². The summed E-state index contributed by atoms with van der Waals surface area (Å²) >= 11 is 0. The molecule has 0 aromatic heterocycles. The quantitative estimate of drug-likeness (QED) is 0.309. The Morgan fingerprint density at radius 1 is 1.16 bits per heavy atom. The predicted octanol–water partition coefficient (Wildman–Crippen LogP) is 3.02. The van der Waals surface area contributed by atoms with Gasteiger partial charge in [-0.2, -0.15) is 0 Å². The zero-order valence-corrected chi connectivity index (χ0v) is 18.8.